The Labute approximate surface area is 189 Å². The molecule has 1 atom stereocenters. The average molecular weight is 438 g/mol. The van der Waals surface area contributed by atoms with Gasteiger partial charge < -0.3 is 15.4 Å². The molecule has 32 heavy (non-hydrogen) atoms. The van der Waals surface area contributed by atoms with E-state index in [0.717, 1.165) is 21.8 Å². The van der Waals surface area contributed by atoms with E-state index in [1.54, 1.807) is 14.0 Å². The second-order valence-corrected chi connectivity index (χ2v) is 9.22. The van der Waals surface area contributed by atoms with Crippen molar-refractivity contribution >= 4 is 17.8 Å². The van der Waals surface area contributed by atoms with Crippen molar-refractivity contribution in [3.05, 3.63) is 65.2 Å². The highest BCUT2D eigenvalue weighted by atomic mass is 16.5. The minimum Gasteiger partial charge on any atom is -0.497 e. The van der Waals surface area contributed by atoms with Crippen molar-refractivity contribution in [3.63, 3.8) is 0 Å². The normalized spacial score (nSPS) is 18.5. The van der Waals surface area contributed by atoms with Gasteiger partial charge in [0.25, 0.3) is 5.91 Å². The largest absolute Gasteiger partial charge is 0.497 e. The summed E-state index contributed by atoms with van der Waals surface area (Å²) in [5, 5.41) is 5.52. The molecule has 1 saturated heterocycles. The maximum Gasteiger partial charge on any atom is 0.325 e. The summed E-state index contributed by atoms with van der Waals surface area (Å²) >= 11 is 0. The van der Waals surface area contributed by atoms with Crippen LogP contribution in [0.5, 0.6) is 5.75 Å². The Morgan fingerprint density at radius 3 is 2.25 bits per heavy atom. The number of carbonyl (C=O) groups excluding carboxylic acids is 3. The number of nitrogens with one attached hydrogen (secondary N) is 2. The van der Waals surface area contributed by atoms with Crippen molar-refractivity contribution in [2.24, 2.45) is 0 Å². The second kappa shape index (κ2) is 9.02. The minimum absolute atomic E-state index is 0.0156. The highest BCUT2D eigenvalue weighted by Crippen LogP contribution is 2.31. The van der Waals surface area contributed by atoms with Crippen molar-refractivity contribution < 1.29 is 19.1 Å². The van der Waals surface area contributed by atoms with Gasteiger partial charge >= 0.3 is 6.03 Å². The first-order valence-electron chi connectivity index (χ1n) is 10.7. The van der Waals surface area contributed by atoms with Gasteiger partial charge in [-0.1, -0.05) is 57.2 Å². The topological polar surface area (TPSA) is 87.7 Å². The number of ether oxygens (including phenoxy) is 1. The Kier molecular flexibility index (Phi) is 6.57. The number of hydrogen-bond acceptors (Lipinski definition) is 4. The number of urea groups is 1. The molecule has 0 radical (unpaired) electrons. The van der Waals surface area contributed by atoms with Crippen LogP contribution >= 0.6 is 0 Å². The van der Waals surface area contributed by atoms with E-state index in [2.05, 4.69) is 31.4 Å². The molecule has 1 heterocycles. The third kappa shape index (κ3) is 4.93. The van der Waals surface area contributed by atoms with E-state index in [-0.39, 0.29) is 17.9 Å². The molecule has 170 valence electrons. The molecular weight excluding hydrogens is 406 g/mol. The number of amides is 4. The molecule has 1 aliphatic rings. The van der Waals surface area contributed by atoms with Gasteiger partial charge in [-0.3, -0.25) is 14.5 Å². The lowest BCUT2D eigenvalue weighted by Crippen LogP contribution is -2.43. The van der Waals surface area contributed by atoms with Gasteiger partial charge in [0.05, 0.1) is 7.11 Å². The van der Waals surface area contributed by atoms with Gasteiger partial charge in [-0.2, -0.15) is 0 Å². The lowest BCUT2D eigenvalue weighted by Gasteiger charge is -2.24. The standard InChI is InChI=1S/C25H31N3O4/c1-24(2,3)18-8-10-19(11-9-18)25(4)22(30)28(23(31)27-25)16-21(29)26-15-14-17-6-12-20(32-5)13-7-17/h6-13H,14-16H2,1-5H3,(H,26,29)(H,27,31). The van der Waals surface area contributed by atoms with Gasteiger partial charge in [0, 0.05) is 6.54 Å². The maximum absolute atomic E-state index is 13.1. The van der Waals surface area contributed by atoms with Crippen molar-refractivity contribution in [1.82, 2.24) is 15.5 Å². The molecule has 1 fully saturated rings. The third-order valence-corrected chi connectivity index (χ3v) is 5.80. The highest BCUT2D eigenvalue weighted by molar-refractivity contribution is 6.09. The number of hydrogen-bond donors (Lipinski definition) is 2. The predicted octanol–water partition coefficient (Wildman–Crippen LogP) is 3.12. The highest BCUT2D eigenvalue weighted by Gasteiger charge is 2.49. The zero-order chi connectivity index (χ0) is 23.5. The molecule has 2 aromatic carbocycles. The molecule has 4 amide bonds. The summed E-state index contributed by atoms with van der Waals surface area (Å²) in [6, 6.07) is 14.7. The van der Waals surface area contributed by atoms with Gasteiger partial charge in [0.2, 0.25) is 5.91 Å². The van der Waals surface area contributed by atoms with E-state index in [9.17, 15) is 14.4 Å². The van der Waals surface area contributed by atoms with Crippen LogP contribution in [0, 0.1) is 0 Å². The number of carbonyl (C=O) groups is 3. The zero-order valence-electron chi connectivity index (χ0n) is 19.3. The lowest BCUT2D eigenvalue weighted by atomic mass is 9.84. The smallest absolute Gasteiger partial charge is 0.325 e. The lowest BCUT2D eigenvalue weighted by molar-refractivity contribution is -0.134. The summed E-state index contributed by atoms with van der Waals surface area (Å²) in [6.07, 6.45) is 0.633. The van der Waals surface area contributed by atoms with E-state index < -0.39 is 17.5 Å². The second-order valence-electron chi connectivity index (χ2n) is 9.22. The first-order valence-corrected chi connectivity index (χ1v) is 10.7. The molecule has 2 N–H and O–H groups in total. The Balaban J connectivity index is 1.59. The van der Waals surface area contributed by atoms with Crippen molar-refractivity contribution in [2.45, 2.75) is 45.1 Å². The predicted molar refractivity (Wildman–Crippen MR) is 122 cm³/mol. The van der Waals surface area contributed by atoms with E-state index >= 15 is 0 Å². The number of nitrogens with zero attached hydrogens (tertiary/aromatic N) is 1. The van der Waals surface area contributed by atoms with Crippen molar-refractivity contribution in [1.29, 1.82) is 0 Å². The van der Waals surface area contributed by atoms with Crippen LogP contribution in [0.2, 0.25) is 0 Å². The fourth-order valence-electron chi connectivity index (χ4n) is 3.68. The van der Waals surface area contributed by atoms with E-state index in [4.69, 9.17) is 4.74 Å². The van der Waals surface area contributed by atoms with Gasteiger partial charge in [0.15, 0.2) is 0 Å². The fraction of sp³-hybridized carbons (Fsp3) is 0.400. The van der Waals surface area contributed by atoms with Gasteiger partial charge in [-0.25, -0.2) is 4.79 Å². The molecule has 0 aliphatic carbocycles. The average Bonchev–Trinajstić information content (AvgIpc) is 2.97. The monoisotopic (exact) mass is 437 g/mol. The van der Waals surface area contributed by atoms with Crippen LogP contribution in [-0.2, 0) is 27.0 Å². The summed E-state index contributed by atoms with van der Waals surface area (Å²) in [5.74, 6) is -0.0434. The van der Waals surface area contributed by atoms with Crippen LogP contribution in [0.25, 0.3) is 0 Å². The van der Waals surface area contributed by atoms with Crippen LogP contribution < -0.4 is 15.4 Å². The van der Waals surface area contributed by atoms with Crippen LogP contribution in [0.4, 0.5) is 4.79 Å². The fourth-order valence-corrected chi connectivity index (χ4v) is 3.68. The summed E-state index contributed by atoms with van der Waals surface area (Å²) in [7, 11) is 1.61. The van der Waals surface area contributed by atoms with Crippen LogP contribution in [-0.4, -0.2) is 42.9 Å². The Hall–Kier alpha value is -3.35. The molecule has 7 nitrogen and oxygen atoms in total. The van der Waals surface area contributed by atoms with Gasteiger partial charge in [-0.05, 0) is 47.6 Å². The summed E-state index contributed by atoms with van der Waals surface area (Å²) < 4.78 is 5.13. The van der Waals surface area contributed by atoms with Crippen molar-refractivity contribution in [2.75, 3.05) is 20.2 Å². The minimum atomic E-state index is -1.20. The molecule has 1 unspecified atom stereocenters. The molecule has 3 rings (SSSR count). The Morgan fingerprint density at radius 2 is 1.69 bits per heavy atom. The molecule has 2 aromatic rings. The maximum atomic E-state index is 13.1. The first-order chi connectivity index (χ1) is 15.0. The molecule has 0 bridgehead atoms. The molecule has 1 aliphatic heterocycles. The summed E-state index contributed by atoms with van der Waals surface area (Å²) in [4.78, 5) is 38.9. The molecule has 7 heteroatoms. The Bertz CT molecular complexity index is 993. The Morgan fingerprint density at radius 1 is 1.06 bits per heavy atom. The first kappa shape index (κ1) is 23.3. The zero-order valence-corrected chi connectivity index (χ0v) is 19.3. The number of imide groups is 1. The number of rotatable bonds is 7. The van der Waals surface area contributed by atoms with Crippen molar-refractivity contribution in [3.8, 4) is 5.75 Å². The van der Waals surface area contributed by atoms with Gasteiger partial charge in [-0.15, -0.1) is 0 Å². The van der Waals surface area contributed by atoms with Crippen LogP contribution in [0.3, 0.4) is 0 Å². The quantitative estimate of drug-likeness (QED) is 0.652. The number of benzene rings is 2. The number of methoxy groups -OCH3 is 1. The molecule has 0 spiro atoms. The van der Waals surface area contributed by atoms with Crippen LogP contribution in [0.1, 0.15) is 44.4 Å². The SMILES string of the molecule is COc1ccc(CCNC(=O)CN2C(=O)NC(C)(c3ccc(C(C)(C)C)cc3)C2=O)cc1. The van der Waals surface area contributed by atoms with E-state index in [1.807, 2.05) is 48.5 Å². The van der Waals surface area contributed by atoms with E-state index in [1.165, 1.54) is 0 Å². The summed E-state index contributed by atoms with van der Waals surface area (Å²) in [6.45, 7) is 8.09. The van der Waals surface area contributed by atoms with E-state index in [0.29, 0.717) is 18.5 Å². The molecule has 0 saturated carbocycles. The molecule has 0 aromatic heterocycles. The third-order valence-electron chi connectivity index (χ3n) is 5.80. The molecular formula is C25H31N3O4. The van der Waals surface area contributed by atoms with Gasteiger partial charge in [0.1, 0.15) is 17.8 Å². The summed E-state index contributed by atoms with van der Waals surface area (Å²) in [5.41, 5.74) is 1.66. The van der Waals surface area contributed by atoms with Crippen LogP contribution in [0.15, 0.2) is 48.5 Å².